The number of carbonyl (C=O) groups is 1. The van der Waals surface area contributed by atoms with Gasteiger partial charge < -0.3 is 9.84 Å². The highest BCUT2D eigenvalue weighted by molar-refractivity contribution is 5.77. The third-order valence-electron chi connectivity index (χ3n) is 4.16. The Morgan fingerprint density at radius 1 is 1.13 bits per heavy atom. The molecule has 0 amide bonds. The van der Waals surface area contributed by atoms with E-state index in [0.717, 1.165) is 23.1 Å². The van der Waals surface area contributed by atoms with Gasteiger partial charge >= 0.3 is 5.97 Å². The van der Waals surface area contributed by atoms with Crippen LogP contribution >= 0.6 is 0 Å². The normalized spacial score (nSPS) is 12.2. The van der Waals surface area contributed by atoms with E-state index in [4.69, 9.17) is 4.74 Å². The molecule has 0 radical (unpaired) electrons. The van der Waals surface area contributed by atoms with Crippen LogP contribution in [0, 0.1) is 0 Å². The molecule has 0 aliphatic heterocycles. The van der Waals surface area contributed by atoms with Crippen LogP contribution in [0.1, 0.15) is 48.8 Å². The highest BCUT2D eigenvalue weighted by Gasteiger charge is 2.24. The second-order valence-electron chi connectivity index (χ2n) is 6.07. The second kappa shape index (κ2) is 7.82. The summed E-state index contributed by atoms with van der Waals surface area (Å²) >= 11 is 0. The Bertz CT molecular complexity index is 647. The van der Waals surface area contributed by atoms with Crippen molar-refractivity contribution in [1.82, 2.24) is 0 Å². The Morgan fingerprint density at radius 3 is 2.39 bits per heavy atom. The molecule has 0 saturated carbocycles. The van der Waals surface area contributed by atoms with E-state index < -0.39 is 11.9 Å². The Morgan fingerprint density at radius 2 is 1.83 bits per heavy atom. The van der Waals surface area contributed by atoms with Gasteiger partial charge in [0.1, 0.15) is 5.75 Å². The quantitative estimate of drug-likeness (QED) is 0.811. The highest BCUT2D eigenvalue weighted by Crippen LogP contribution is 2.33. The number of hydrogen-bond acceptors (Lipinski definition) is 2. The lowest BCUT2D eigenvalue weighted by Gasteiger charge is -2.18. The molecule has 23 heavy (non-hydrogen) atoms. The third kappa shape index (κ3) is 4.35. The molecular weight excluding hydrogens is 288 g/mol. The highest BCUT2D eigenvalue weighted by atomic mass is 16.5. The average molecular weight is 312 g/mol. The number of aliphatic carboxylic acids is 1. The van der Waals surface area contributed by atoms with E-state index in [9.17, 15) is 9.90 Å². The Balaban J connectivity index is 2.29. The van der Waals surface area contributed by atoms with Crippen LogP contribution in [0.15, 0.2) is 48.5 Å². The summed E-state index contributed by atoms with van der Waals surface area (Å²) in [6.07, 6.45) is 1.28. The van der Waals surface area contributed by atoms with Crippen molar-refractivity contribution in [1.29, 1.82) is 0 Å². The maximum absolute atomic E-state index is 11.8. The van der Waals surface area contributed by atoms with Crippen molar-refractivity contribution in [2.45, 2.75) is 38.5 Å². The molecule has 1 N–H and O–H groups in total. The number of aryl methyl sites for hydroxylation is 1. The first-order valence-corrected chi connectivity index (χ1v) is 7.97. The molecule has 3 nitrogen and oxygen atoms in total. The maximum Gasteiger partial charge on any atom is 0.311 e. The first-order valence-electron chi connectivity index (χ1n) is 7.97. The predicted octanol–water partition coefficient (Wildman–Crippen LogP) is 4.62. The van der Waals surface area contributed by atoms with Crippen LogP contribution in [0.5, 0.6) is 5.75 Å². The van der Waals surface area contributed by atoms with E-state index in [0.29, 0.717) is 18.1 Å². The van der Waals surface area contributed by atoms with E-state index in [-0.39, 0.29) is 0 Å². The van der Waals surface area contributed by atoms with Crippen molar-refractivity contribution in [3.63, 3.8) is 0 Å². The molecule has 1 atom stereocenters. The molecule has 0 heterocycles. The number of methoxy groups -OCH3 is 1. The van der Waals surface area contributed by atoms with E-state index in [1.165, 1.54) is 0 Å². The van der Waals surface area contributed by atoms with Gasteiger partial charge in [-0.05, 0) is 36.0 Å². The molecular formula is C20H24O3. The van der Waals surface area contributed by atoms with Crippen molar-refractivity contribution in [3.8, 4) is 5.75 Å². The number of rotatable bonds is 7. The van der Waals surface area contributed by atoms with Crippen molar-refractivity contribution >= 4 is 5.97 Å². The first-order chi connectivity index (χ1) is 11.0. The number of benzene rings is 2. The number of ether oxygens (including phenoxy) is 1. The van der Waals surface area contributed by atoms with Gasteiger partial charge in [0.15, 0.2) is 0 Å². The standard InChI is InChI=1S/C20H24O3/c1-14(2)16-10-12-19(23-3)18(13-16)17(20(21)22)11-9-15-7-5-4-6-8-15/h4-8,10,12-14,17H,9,11H2,1-3H3,(H,21,22). The summed E-state index contributed by atoms with van der Waals surface area (Å²) in [7, 11) is 1.59. The van der Waals surface area contributed by atoms with Crippen molar-refractivity contribution in [2.75, 3.05) is 7.11 Å². The molecule has 0 bridgehead atoms. The smallest absolute Gasteiger partial charge is 0.311 e. The van der Waals surface area contributed by atoms with Gasteiger partial charge in [-0.2, -0.15) is 0 Å². The summed E-state index contributed by atoms with van der Waals surface area (Å²) in [5.41, 5.74) is 3.05. The van der Waals surface area contributed by atoms with Gasteiger partial charge in [-0.3, -0.25) is 4.79 Å². The van der Waals surface area contributed by atoms with Crippen LogP contribution < -0.4 is 4.74 Å². The average Bonchev–Trinajstić information content (AvgIpc) is 2.55. The molecule has 2 aromatic carbocycles. The third-order valence-corrected chi connectivity index (χ3v) is 4.16. The van der Waals surface area contributed by atoms with E-state index in [2.05, 4.69) is 13.8 Å². The summed E-state index contributed by atoms with van der Waals surface area (Å²) < 4.78 is 5.40. The molecule has 2 aromatic rings. The molecule has 0 aromatic heterocycles. The summed E-state index contributed by atoms with van der Waals surface area (Å²) in [6.45, 7) is 4.21. The van der Waals surface area contributed by atoms with Gasteiger partial charge in [-0.1, -0.05) is 56.3 Å². The van der Waals surface area contributed by atoms with Gasteiger partial charge in [0, 0.05) is 5.56 Å². The molecule has 0 aliphatic carbocycles. The predicted molar refractivity (Wildman–Crippen MR) is 92.2 cm³/mol. The molecule has 3 heteroatoms. The zero-order valence-electron chi connectivity index (χ0n) is 14.0. The Kier molecular flexibility index (Phi) is 5.80. The fourth-order valence-corrected chi connectivity index (χ4v) is 2.75. The summed E-state index contributed by atoms with van der Waals surface area (Å²) in [4.78, 5) is 11.8. The van der Waals surface area contributed by atoms with Crippen LogP contribution in [0.25, 0.3) is 0 Å². The minimum absolute atomic E-state index is 0.350. The van der Waals surface area contributed by atoms with Gasteiger partial charge in [-0.15, -0.1) is 0 Å². The molecule has 0 aliphatic rings. The molecule has 2 rings (SSSR count). The fraction of sp³-hybridized carbons (Fsp3) is 0.350. The monoisotopic (exact) mass is 312 g/mol. The van der Waals surface area contributed by atoms with Crippen LogP contribution in [0.3, 0.4) is 0 Å². The van der Waals surface area contributed by atoms with Crippen molar-refractivity contribution < 1.29 is 14.6 Å². The van der Waals surface area contributed by atoms with Crippen molar-refractivity contribution in [2.24, 2.45) is 0 Å². The topological polar surface area (TPSA) is 46.5 Å². The van der Waals surface area contributed by atoms with Gasteiger partial charge in [0.05, 0.1) is 13.0 Å². The number of carboxylic acid groups (broad SMARTS) is 1. The largest absolute Gasteiger partial charge is 0.496 e. The van der Waals surface area contributed by atoms with Crippen LogP contribution in [0.2, 0.25) is 0 Å². The lowest BCUT2D eigenvalue weighted by molar-refractivity contribution is -0.139. The fourth-order valence-electron chi connectivity index (χ4n) is 2.75. The summed E-state index contributed by atoms with van der Waals surface area (Å²) in [5, 5.41) is 9.70. The van der Waals surface area contributed by atoms with Gasteiger partial charge in [0.2, 0.25) is 0 Å². The SMILES string of the molecule is COc1ccc(C(C)C)cc1C(CCc1ccccc1)C(=O)O. The van der Waals surface area contributed by atoms with Crippen LogP contribution in [-0.4, -0.2) is 18.2 Å². The Labute approximate surface area is 137 Å². The van der Waals surface area contributed by atoms with Gasteiger partial charge in [0.25, 0.3) is 0 Å². The van der Waals surface area contributed by atoms with Crippen molar-refractivity contribution in [3.05, 3.63) is 65.2 Å². The Hall–Kier alpha value is -2.29. The van der Waals surface area contributed by atoms with Gasteiger partial charge in [-0.25, -0.2) is 0 Å². The van der Waals surface area contributed by atoms with Crippen LogP contribution in [-0.2, 0) is 11.2 Å². The molecule has 0 saturated heterocycles. The first kappa shape index (κ1) is 17.1. The van der Waals surface area contributed by atoms with E-state index >= 15 is 0 Å². The maximum atomic E-state index is 11.8. The summed E-state index contributed by atoms with van der Waals surface area (Å²) in [6, 6.07) is 15.8. The lowest BCUT2D eigenvalue weighted by atomic mass is 9.89. The molecule has 0 fully saturated rings. The molecule has 122 valence electrons. The summed E-state index contributed by atoms with van der Waals surface area (Å²) in [5.74, 6) is -0.373. The number of carboxylic acids is 1. The molecule has 0 spiro atoms. The molecule has 1 unspecified atom stereocenters. The number of hydrogen-bond donors (Lipinski definition) is 1. The lowest BCUT2D eigenvalue weighted by Crippen LogP contribution is -2.14. The zero-order valence-corrected chi connectivity index (χ0v) is 14.0. The minimum Gasteiger partial charge on any atom is -0.496 e. The van der Waals surface area contributed by atoms with E-state index in [1.54, 1.807) is 7.11 Å². The second-order valence-corrected chi connectivity index (χ2v) is 6.07. The van der Waals surface area contributed by atoms with E-state index in [1.807, 2.05) is 48.5 Å². The zero-order chi connectivity index (χ0) is 16.8. The van der Waals surface area contributed by atoms with Crippen LogP contribution in [0.4, 0.5) is 0 Å². The minimum atomic E-state index is -0.805.